The normalized spacial score (nSPS) is 19.5. The van der Waals surface area contributed by atoms with Crippen LogP contribution in [-0.4, -0.2) is 89.6 Å². The maximum Gasteiger partial charge on any atom is 0.272 e. The van der Waals surface area contributed by atoms with Crippen molar-refractivity contribution in [3.63, 3.8) is 0 Å². The summed E-state index contributed by atoms with van der Waals surface area (Å²) in [6, 6.07) is 17.8. The molecule has 0 unspecified atom stereocenters. The number of likely N-dealkylation sites (tertiary alicyclic amines) is 2. The number of benzene rings is 2. The highest BCUT2D eigenvalue weighted by molar-refractivity contribution is 5.93. The first-order valence-electron chi connectivity index (χ1n) is 14.3. The standard InChI is InChI=1S/C32H39N3O6/c1-3-22-4-6-23(7-5-22)21-41-30-9-8-24(14-31(30)39-2)25-17-35(18-25)32(38)29-16-28(10-11-33-29)40-13-12-34-19-26(36)15-27(37)20-34/h4-11,14,16,25-27,36-37H,3,12-13,15,17-21H2,1-2H3/t26-,27+. The molecule has 3 aromatic rings. The molecule has 9 nitrogen and oxygen atoms in total. The van der Waals surface area contributed by atoms with Gasteiger partial charge in [0.1, 0.15) is 24.7 Å². The fourth-order valence-corrected chi connectivity index (χ4v) is 5.33. The fraction of sp³-hybridized carbons (Fsp3) is 0.438. The molecule has 2 aromatic carbocycles. The zero-order valence-corrected chi connectivity index (χ0v) is 23.7. The van der Waals surface area contributed by atoms with Crippen LogP contribution < -0.4 is 14.2 Å². The first kappa shape index (κ1) is 28.9. The van der Waals surface area contributed by atoms with Crippen LogP contribution in [0.15, 0.2) is 60.8 Å². The third-order valence-electron chi connectivity index (χ3n) is 7.76. The van der Waals surface area contributed by atoms with Crippen molar-refractivity contribution in [2.45, 2.75) is 44.5 Å². The van der Waals surface area contributed by atoms with Crippen LogP contribution in [-0.2, 0) is 13.0 Å². The van der Waals surface area contributed by atoms with Crippen LogP contribution in [0.25, 0.3) is 0 Å². The molecule has 0 saturated carbocycles. The molecule has 2 fully saturated rings. The maximum absolute atomic E-state index is 13.1. The SMILES string of the molecule is CCc1ccc(COc2ccc(C3CN(C(=O)c4cc(OCCN5C[C@H](O)C[C@H](O)C5)ccn4)C3)cc2OC)cc1. The van der Waals surface area contributed by atoms with Crippen LogP contribution in [0, 0.1) is 0 Å². The number of carbonyl (C=O) groups excluding carboxylic acids is 1. The molecule has 0 spiro atoms. The number of hydrogen-bond donors (Lipinski definition) is 2. The van der Waals surface area contributed by atoms with Crippen molar-refractivity contribution in [1.82, 2.24) is 14.8 Å². The smallest absolute Gasteiger partial charge is 0.272 e. The number of methoxy groups -OCH3 is 1. The number of piperidine rings is 1. The molecule has 2 saturated heterocycles. The van der Waals surface area contributed by atoms with Crippen LogP contribution >= 0.6 is 0 Å². The summed E-state index contributed by atoms with van der Waals surface area (Å²) in [6.45, 7) is 5.79. The Bertz CT molecular complexity index is 1300. The highest BCUT2D eigenvalue weighted by Gasteiger charge is 2.33. The van der Waals surface area contributed by atoms with Crippen molar-refractivity contribution in [1.29, 1.82) is 0 Å². The van der Waals surface area contributed by atoms with Crippen molar-refractivity contribution in [3.8, 4) is 17.2 Å². The third kappa shape index (κ3) is 7.35. The number of aliphatic hydroxyl groups is 2. The number of pyridine rings is 1. The Labute approximate surface area is 241 Å². The predicted octanol–water partition coefficient (Wildman–Crippen LogP) is 3.28. The lowest BCUT2D eigenvalue weighted by atomic mass is 9.91. The number of hydrogen-bond acceptors (Lipinski definition) is 8. The number of aryl methyl sites for hydroxylation is 1. The molecular weight excluding hydrogens is 522 g/mol. The summed E-state index contributed by atoms with van der Waals surface area (Å²) in [4.78, 5) is 21.1. The van der Waals surface area contributed by atoms with Gasteiger partial charge in [0.2, 0.25) is 0 Å². The molecule has 218 valence electrons. The second-order valence-corrected chi connectivity index (χ2v) is 10.8. The van der Waals surface area contributed by atoms with Gasteiger partial charge in [-0.1, -0.05) is 37.3 Å². The van der Waals surface area contributed by atoms with E-state index in [9.17, 15) is 15.0 Å². The topological polar surface area (TPSA) is 105 Å². The van der Waals surface area contributed by atoms with E-state index in [1.165, 1.54) is 5.56 Å². The summed E-state index contributed by atoms with van der Waals surface area (Å²) in [5.74, 6) is 2.02. The Morgan fingerprint density at radius 2 is 1.66 bits per heavy atom. The Morgan fingerprint density at radius 3 is 2.37 bits per heavy atom. The molecule has 0 radical (unpaired) electrons. The summed E-state index contributed by atoms with van der Waals surface area (Å²) >= 11 is 0. The van der Waals surface area contributed by atoms with Crippen molar-refractivity contribution in [2.75, 3.05) is 46.4 Å². The van der Waals surface area contributed by atoms with Gasteiger partial charge in [-0.25, -0.2) is 0 Å². The highest BCUT2D eigenvalue weighted by atomic mass is 16.5. The zero-order valence-electron chi connectivity index (χ0n) is 23.7. The number of nitrogens with zero attached hydrogens (tertiary/aromatic N) is 3. The molecule has 2 N–H and O–H groups in total. The lowest BCUT2D eigenvalue weighted by Gasteiger charge is -2.39. The van der Waals surface area contributed by atoms with Crippen LogP contribution in [0.5, 0.6) is 17.2 Å². The van der Waals surface area contributed by atoms with Gasteiger partial charge in [0.25, 0.3) is 5.91 Å². The minimum absolute atomic E-state index is 0.130. The Balaban J connectivity index is 1.11. The van der Waals surface area contributed by atoms with E-state index >= 15 is 0 Å². The van der Waals surface area contributed by atoms with E-state index in [1.807, 2.05) is 23.1 Å². The van der Waals surface area contributed by atoms with Gasteiger partial charge in [-0.05, 0) is 41.3 Å². The molecule has 3 heterocycles. The Kier molecular flexibility index (Phi) is 9.38. The van der Waals surface area contributed by atoms with E-state index in [0.717, 1.165) is 17.5 Å². The van der Waals surface area contributed by atoms with Gasteiger partial charge in [-0.15, -0.1) is 0 Å². The molecule has 5 rings (SSSR count). The second-order valence-electron chi connectivity index (χ2n) is 10.8. The molecule has 2 aliphatic heterocycles. The summed E-state index contributed by atoms with van der Waals surface area (Å²) in [6.07, 6.45) is 1.95. The summed E-state index contributed by atoms with van der Waals surface area (Å²) in [5.41, 5.74) is 3.85. The summed E-state index contributed by atoms with van der Waals surface area (Å²) in [7, 11) is 1.64. The van der Waals surface area contributed by atoms with Gasteiger partial charge in [0, 0.05) is 57.3 Å². The lowest BCUT2D eigenvalue weighted by molar-refractivity contribution is -0.0115. The average molecular weight is 562 g/mol. The van der Waals surface area contributed by atoms with Gasteiger partial charge in [0.15, 0.2) is 11.5 Å². The van der Waals surface area contributed by atoms with Gasteiger partial charge in [-0.2, -0.15) is 0 Å². The maximum atomic E-state index is 13.1. The predicted molar refractivity (Wildman–Crippen MR) is 155 cm³/mol. The number of ether oxygens (including phenoxy) is 3. The van der Waals surface area contributed by atoms with Crippen molar-refractivity contribution in [2.24, 2.45) is 0 Å². The van der Waals surface area contributed by atoms with E-state index in [-0.39, 0.29) is 11.8 Å². The largest absolute Gasteiger partial charge is 0.493 e. The zero-order chi connectivity index (χ0) is 28.8. The average Bonchev–Trinajstić information content (AvgIpc) is 2.95. The van der Waals surface area contributed by atoms with Gasteiger partial charge < -0.3 is 29.3 Å². The molecule has 0 bridgehead atoms. The molecule has 9 heteroatoms. The van der Waals surface area contributed by atoms with E-state index in [4.69, 9.17) is 14.2 Å². The molecule has 2 atom stereocenters. The number of aromatic nitrogens is 1. The van der Waals surface area contributed by atoms with Crippen LogP contribution in [0.3, 0.4) is 0 Å². The molecule has 2 aliphatic rings. The minimum atomic E-state index is -0.523. The Morgan fingerprint density at radius 1 is 0.927 bits per heavy atom. The number of carbonyl (C=O) groups is 1. The number of β-amino-alcohol motifs (C(OH)–C–C–N with tert-alkyl or cyclic N) is 2. The van der Waals surface area contributed by atoms with Crippen LogP contribution in [0.1, 0.15) is 46.4 Å². The molecular formula is C32H39N3O6. The first-order valence-corrected chi connectivity index (χ1v) is 14.3. The van der Waals surface area contributed by atoms with E-state index in [2.05, 4.69) is 36.2 Å². The van der Waals surface area contributed by atoms with E-state index in [1.54, 1.807) is 30.3 Å². The van der Waals surface area contributed by atoms with Crippen molar-refractivity contribution in [3.05, 3.63) is 83.2 Å². The molecule has 1 amide bonds. The van der Waals surface area contributed by atoms with Crippen molar-refractivity contribution < 1.29 is 29.2 Å². The van der Waals surface area contributed by atoms with Crippen LogP contribution in [0.4, 0.5) is 0 Å². The molecule has 0 aliphatic carbocycles. The van der Waals surface area contributed by atoms with Gasteiger partial charge in [-0.3, -0.25) is 14.7 Å². The summed E-state index contributed by atoms with van der Waals surface area (Å²) in [5, 5.41) is 19.7. The highest BCUT2D eigenvalue weighted by Crippen LogP contribution is 2.35. The number of amides is 1. The second kappa shape index (κ2) is 13.3. The fourth-order valence-electron chi connectivity index (χ4n) is 5.33. The summed E-state index contributed by atoms with van der Waals surface area (Å²) < 4.78 is 17.5. The van der Waals surface area contributed by atoms with E-state index < -0.39 is 12.2 Å². The minimum Gasteiger partial charge on any atom is -0.493 e. The van der Waals surface area contributed by atoms with Gasteiger partial charge >= 0.3 is 0 Å². The number of rotatable bonds is 11. The van der Waals surface area contributed by atoms with E-state index in [0.29, 0.717) is 75.3 Å². The van der Waals surface area contributed by atoms with Gasteiger partial charge in [0.05, 0.1) is 19.3 Å². The third-order valence-corrected chi connectivity index (χ3v) is 7.76. The van der Waals surface area contributed by atoms with Crippen LogP contribution in [0.2, 0.25) is 0 Å². The number of aliphatic hydroxyl groups excluding tert-OH is 2. The quantitative estimate of drug-likeness (QED) is 0.368. The van der Waals surface area contributed by atoms with Crippen molar-refractivity contribution >= 4 is 5.91 Å². The monoisotopic (exact) mass is 561 g/mol. The first-order chi connectivity index (χ1) is 19.9. The Hall–Kier alpha value is -3.66. The lowest BCUT2D eigenvalue weighted by Crippen LogP contribution is -2.48. The molecule has 41 heavy (non-hydrogen) atoms. The molecule has 1 aromatic heterocycles.